The first-order valence-corrected chi connectivity index (χ1v) is 3.43. The molecule has 1 heterocycles. The average Bonchev–Trinajstić information content (AvgIpc) is 2.05. The smallest absolute Gasteiger partial charge is 0.223 e. The van der Waals surface area contributed by atoms with E-state index in [1.165, 1.54) is 6.92 Å². The molecule has 0 N–H and O–H groups in total. The third-order valence-electron chi connectivity index (χ3n) is 1.55. The third-order valence-corrected chi connectivity index (χ3v) is 1.55. The van der Waals surface area contributed by atoms with Crippen molar-refractivity contribution in [3.05, 3.63) is 24.1 Å². The van der Waals surface area contributed by atoms with Gasteiger partial charge in [0.2, 0.25) is 5.91 Å². The van der Waals surface area contributed by atoms with E-state index >= 15 is 0 Å². The van der Waals surface area contributed by atoms with E-state index in [0.717, 1.165) is 5.76 Å². The SMILES string of the molecule is COC1=CCN(C(C)=O)C=C1. The maximum absolute atomic E-state index is 10.8. The highest BCUT2D eigenvalue weighted by molar-refractivity contribution is 5.74. The highest BCUT2D eigenvalue weighted by atomic mass is 16.5. The largest absolute Gasteiger partial charge is 0.497 e. The van der Waals surface area contributed by atoms with Crippen molar-refractivity contribution in [2.24, 2.45) is 0 Å². The van der Waals surface area contributed by atoms with Crippen LogP contribution >= 0.6 is 0 Å². The molecule has 3 heteroatoms. The molecular weight excluding hydrogens is 142 g/mol. The van der Waals surface area contributed by atoms with Crippen molar-refractivity contribution >= 4 is 5.91 Å². The second kappa shape index (κ2) is 3.23. The summed E-state index contributed by atoms with van der Waals surface area (Å²) in [4.78, 5) is 12.4. The summed E-state index contributed by atoms with van der Waals surface area (Å²) in [7, 11) is 1.61. The normalized spacial score (nSPS) is 16.2. The Hall–Kier alpha value is -1.25. The number of nitrogens with zero attached hydrogens (tertiary/aromatic N) is 1. The van der Waals surface area contributed by atoms with E-state index in [4.69, 9.17) is 4.74 Å². The molecule has 1 aliphatic heterocycles. The van der Waals surface area contributed by atoms with Crippen LogP contribution in [0.2, 0.25) is 0 Å². The molecule has 0 bridgehead atoms. The van der Waals surface area contributed by atoms with E-state index in [9.17, 15) is 4.79 Å². The van der Waals surface area contributed by atoms with Crippen LogP contribution in [0.5, 0.6) is 0 Å². The fraction of sp³-hybridized carbons (Fsp3) is 0.375. The second-order valence-electron chi connectivity index (χ2n) is 2.30. The van der Waals surface area contributed by atoms with Gasteiger partial charge in [-0.15, -0.1) is 0 Å². The van der Waals surface area contributed by atoms with Crippen molar-refractivity contribution in [2.45, 2.75) is 6.92 Å². The van der Waals surface area contributed by atoms with Crippen LogP contribution in [-0.4, -0.2) is 24.5 Å². The quantitative estimate of drug-likeness (QED) is 0.560. The molecule has 60 valence electrons. The second-order valence-corrected chi connectivity index (χ2v) is 2.30. The Bertz CT molecular complexity index is 218. The summed E-state index contributed by atoms with van der Waals surface area (Å²) in [6, 6.07) is 0. The number of methoxy groups -OCH3 is 1. The lowest BCUT2D eigenvalue weighted by atomic mass is 10.3. The van der Waals surface area contributed by atoms with E-state index in [2.05, 4.69) is 0 Å². The molecule has 0 aromatic heterocycles. The Morgan fingerprint density at radius 2 is 2.45 bits per heavy atom. The number of carbonyl (C=O) groups is 1. The number of rotatable bonds is 1. The molecule has 0 saturated carbocycles. The van der Waals surface area contributed by atoms with Gasteiger partial charge in [-0.2, -0.15) is 0 Å². The van der Waals surface area contributed by atoms with Crippen molar-refractivity contribution in [3.8, 4) is 0 Å². The predicted molar refractivity (Wildman–Crippen MR) is 41.6 cm³/mol. The molecule has 1 aliphatic rings. The van der Waals surface area contributed by atoms with Gasteiger partial charge in [0.25, 0.3) is 0 Å². The standard InChI is InChI=1S/C8H11NO2/c1-7(10)9-5-3-8(11-2)4-6-9/h3-5H,6H2,1-2H3. The van der Waals surface area contributed by atoms with Gasteiger partial charge in [0.15, 0.2) is 0 Å². The molecule has 1 amide bonds. The van der Waals surface area contributed by atoms with Crippen LogP contribution in [0.15, 0.2) is 24.1 Å². The highest BCUT2D eigenvalue weighted by Gasteiger charge is 2.07. The number of carbonyl (C=O) groups excluding carboxylic acids is 1. The number of ether oxygens (including phenoxy) is 1. The Kier molecular flexibility index (Phi) is 2.31. The van der Waals surface area contributed by atoms with E-state index in [1.54, 1.807) is 24.3 Å². The molecule has 11 heavy (non-hydrogen) atoms. The van der Waals surface area contributed by atoms with E-state index in [0.29, 0.717) is 6.54 Å². The topological polar surface area (TPSA) is 29.5 Å². The molecule has 0 radical (unpaired) electrons. The van der Waals surface area contributed by atoms with Gasteiger partial charge < -0.3 is 9.64 Å². The molecule has 0 aliphatic carbocycles. The number of hydrogen-bond acceptors (Lipinski definition) is 2. The minimum Gasteiger partial charge on any atom is -0.497 e. The summed E-state index contributed by atoms with van der Waals surface area (Å²) < 4.78 is 4.96. The zero-order valence-electron chi connectivity index (χ0n) is 6.70. The Labute approximate surface area is 65.9 Å². The van der Waals surface area contributed by atoms with Crippen LogP contribution < -0.4 is 0 Å². The molecule has 1 rings (SSSR count). The molecule has 0 aromatic carbocycles. The van der Waals surface area contributed by atoms with Crippen LogP contribution in [0.4, 0.5) is 0 Å². The highest BCUT2D eigenvalue weighted by Crippen LogP contribution is 2.06. The van der Waals surface area contributed by atoms with Crippen LogP contribution in [0.25, 0.3) is 0 Å². The monoisotopic (exact) mass is 153 g/mol. The molecule has 0 spiro atoms. The fourth-order valence-corrected chi connectivity index (χ4v) is 0.866. The summed E-state index contributed by atoms with van der Waals surface area (Å²) in [5.74, 6) is 0.857. The summed E-state index contributed by atoms with van der Waals surface area (Å²) in [6.07, 6.45) is 5.35. The maximum atomic E-state index is 10.8. The van der Waals surface area contributed by atoms with Crippen LogP contribution in [0.1, 0.15) is 6.92 Å². The van der Waals surface area contributed by atoms with Crippen LogP contribution in [0.3, 0.4) is 0 Å². The van der Waals surface area contributed by atoms with Gasteiger partial charge in [0, 0.05) is 19.7 Å². The lowest BCUT2D eigenvalue weighted by Crippen LogP contribution is -2.24. The molecule has 0 atom stereocenters. The van der Waals surface area contributed by atoms with Gasteiger partial charge in [0.1, 0.15) is 5.76 Å². The van der Waals surface area contributed by atoms with Gasteiger partial charge in [-0.05, 0) is 12.2 Å². The Morgan fingerprint density at radius 1 is 1.73 bits per heavy atom. The summed E-state index contributed by atoms with van der Waals surface area (Å²) in [5, 5.41) is 0. The summed E-state index contributed by atoms with van der Waals surface area (Å²) >= 11 is 0. The van der Waals surface area contributed by atoms with Crippen LogP contribution in [0, 0.1) is 0 Å². The fourth-order valence-electron chi connectivity index (χ4n) is 0.866. The van der Waals surface area contributed by atoms with Gasteiger partial charge in [-0.1, -0.05) is 0 Å². The lowest BCUT2D eigenvalue weighted by molar-refractivity contribution is -0.125. The molecular formula is C8H11NO2. The first-order chi connectivity index (χ1) is 5.24. The number of amides is 1. The van der Waals surface area contributed by atoms with Crippen molar-refractivity contribution in [1.82, 2.24) is 4.90 Å². The minimum atomic E-state index is 0.0488. The molecule has 0 saturated heterocycles. The minimum absolute atomic E-state index is 0.0488. The molecule has 3 nitrogen and oxygen atoms in total. The van der Waals surface area contributed by atoms with Crippen molar-refractivity contribution in [1.29, 1.82) is 0 Å². The molecule has 0 unspecified atom stereocenters. The molecule has 0 fully saturated rings. The van der Waals surface area contributed by atoms with E-state index in [-0.39, 0.29) is 5.91 Å². The maximum Gasteiger partial charge on any atom is 0.223 e. The number of allylic oxidation sites excluding steroid dienone is 1. The third kappa shape index (κ3) is 1.83. The number of hydrogen-bond donors (Lipinski definition) is 0. The van der Waals surface area contributed by atoms with Crippen molar-refractivity contribution in [2.75, 3.05) is 13.7 Å². The Balaban J connectivity index is 2.57. The summed E-state index contributed by atoms with van der Waals surface area (Å²) in [5.41, 5.74) is 0. The van der Waals surface area contributed by atoms with E-state index < -0.39 is 0 Å². The predicted octanol–water partition coefficient (Wildman–Crippen LogP) is 0.893. The van der Waals surface area contributed by atoms with Crippen molar-refractivity contribution in [3.63, 3.8) is 0 Å². The van der Waals surface area contributed by atoms with Crippen LogP contribution in [-0.2, 0) is 9.53 Å². The van der Waals surface area contributed by atoms with E-state index in [1.807, 2.05) is 6.08 Å². The Morgan fingerprint density at radius 3 is 2.82 bits per heavy atom. The van der Waals surface area contributed by atoms with Gasteiger partial charge >= 0.3 is 0 Å². The van der Waals surface area contributed by atoms with Gasteiger partial charge in [0.05, 0.1) is 7.11 Å². The zero-order valence-corrected chi connectivity index (χ0v) is 6.70. The first-order valence-electron chi connectivity index (χ1n) is 3.43. The molecule has 0 aromatic rings. The van der Waals surface area contributed by atoms with Gasteiger partial charge in [-0.3, -0.25) is 4.79 Å². The van der Waals surface area contributed by atoms with Gasteiger partial charge in [-0.25, -0.2) is 0 Å². The first kappa shape index (κ1) is 7.85. The summed E-state index contributed by atoms with van der Waals surface area (Å²) in [6.45, 7) is 2.14. The van der Waals surface area contributed by atoms with Crippen molar-refractivity contribution < 1.29 is 9.53 Å². The average molecular weight is 153 g/mol. The zero-order chi connectivity index (χ0) is 8.27. The lowest BCUT2D eigenvalue weighted by Gasteiger charge is -2.17.